The standard InChI is InChI=1S/C36H38ClNO11/c1-19(39)44-18-35(4)26-16-28(48-33(43)46-23-10-8-22(37)9-11-23)36(5)31(34(26,3)13-12-27(35)45-20(2)40)30(41)29-25(49-36)15-24(47-32(29)42)21-7-6-14-38-17-21/h6-11,14-15,17,26-28,30-31,41H,12-13,16,18H2,1-5H3/t26?,27-,28-,30-,31?,34-,35?,36+/m0/s1. The molecule has 3 unspecified atom stereocenters. The molecule has 12 nitrogen and oxygen atoms in total. The van der Waals surface area contributed by atoms with Crippen molar-refractivity contribution in [3.63, 3.8) is 0 Å². The molecule has 0 saturated heterocycles. The molecule has 0 radical (unpaired) electrons. The summed E-state index contributed by atoms with van der Waals surface area (Å²) < 4.78 is 35.4. The van der Waals surface area contributed by atoms with Crippen LogP contribution in [0.2, 0.25) is 5.02 Å². The molecule has 1 N–H and O–H groups in total. The van der Waals surface area contributed by atoms with Gasteiger partial charge in [-0.2, -0.15) is 0 Å². The van der Waals surface area contributed by atoms with E-state index in [4.69, 9.17) is 39.7 Å². The SMILES string of the molecule is CC(=O)OCC1(C)C2C[C@H](OC(=O)Oc3ccc(Cl)cc3)[C@@]3(C)Oc4cc(-c5cccnc5)oc(=O)c4[C@H](O)C3[C@@]2(C)CC[C@@H]1OC(C)=O. The van der Waals surface area contributed by atoms with Crippen LogP contribution in [0, 0.1) is 22.7 Å². The molecule has 1 aliphatic heterocycles. The zero-order valence-electron chi connectivity index (χ0n) is 27.8. The van der Waals surface area contributed by atoms with E-state index in [0.717, 1.165) is 0 Å². The Bertz CT molecular complexity index is 1810. The summed E-state index contributed by atoms with van der Waals surface area (Å²) in [6.07, 6.45) is -0.133. The highest BCUT2D eigenvalue weighted by atomic mass is 35.5. The van der Waals surface area contributed by atoms with Gasteiger partial charge in [0.25, 0.3) is 0 Å². The van der Waals surface area contributed by atoms with Gasteiger partial charge < -0.3 is 33.2 Å². The van der Waals surface area contributed by atoms with E-state index in [-0.39, 0.29) is 35.9 Å². The van der Waals surface area contributed by atoms with E-state index in [9.17, 15) is 24.3 Å². The number of ether oxygens (including phenoxy) is 5. The van der Waals surface area contributed by atoms with E-state index in [2.05, 4.69) is 4.98 Å². The van der Waals surface area contributed by atoms with Gasteiger partial charge in [-0.3, -0.25) is 14.6 Å². The number of aliphatic hydroxyl groups is 1. The first kappa shape index (κ1) is 34.4. The van der Waals surface area contributed by atoms with Gasteiger partial charge in [0.1, 0.15) is 47.2 Å². The van der Waals surface area contributed by atoms with Crippen LogP contribution in [0.5, 0.6) is 11.5 Å². The number of pyridine rings is 1. The Hall–Kier alpha value is -4.42. The minimum Gasteiger partial charge on any atom is -0.482 e. The summed E-state index contributed by atoms with van der Waals surface area (Å²) in [5.41, 5.74) is -3.56. The number of carbonyl (C=O) groups is 3. The summed E-state index contributed by atoms with van der Waals surface area (Å²) in [5, 5.41) is 12.7. The highest BCUT2D eigenvalue weighted by Crippen LogP contribution is 2.67. The molecule has 6 rings (SSSR count). The third kappa shape index (κ3) is 6.16. The van der Waals surface area contributed by atoms with E-state index in [1.54, 1.807) is 37.4 Å². The van der Waals surface area contributed by atoms with Gasteiger partial charge >= 0.3 is 23.7 Å². The molecule has 0 bridgehead atoms. The fourth-order valence-electron chi connectivity index (χ4n) is 8.58. The summed E-state index contributed by atoms with van der Waals surface area (Å²) in [6.45, 7) is 8.06. The lowest BCUT2D eigenvalue weighted by Gasteiger charge is -2.66. The number of aliphatic hydroxyl groups excluding tert-OH is 1. The number of aromatic nitrogens is 1. The summed E-state index contributed by atoms with van der Waals surface area (Å²) in [5.74, 6) is -1.92. The summed E-state index contributed by atoms with van der Waals surface area (Å²) >= 11 is 6.00. The predicted octanol–water partition coefficient (Wildman–Crippen LogP) is 6.06. The third-order valence-corrected chi connectivity index (χ3v) is 10.9. The van der Waals surface area contributed by atoms with Crippen LogP contribution in [-0.4, -0.2) is 52.6 Å². The Balaban J connectivity index is 1.47. The lowest BCUT2D eigenvalue weighted by Crippen LogP contribution is -2.71. The smallest absolute Gasteiger partial charge is 0.482 e. The molecule has 0 spiro atoms. The molecule has 2 saturated carbocycles. The predicted molar refractivity (Wildman–Crippen MR) is 174 cm³/mol. The summed E-state index contributed by atoms with van der Waals surface area (Å²) in [4.78, 5) is 55.5. The zero-order valence-corrected chi connectivity index (χ0v) is 28.5. The first-order valence-electron chi connectivity index (χ1n) is 16.1. The number of halogens is 1. The van der Waals surface area contributed by atoms with Crippen molar-refractivity contribution >= 4 is 29.7 Å². The fourth-order valence-corrected chi connectivity index (χ4v) is 8.70. The van der Waals surface area contributed by atoms with Crippen LogP contribution < -0.4 is 15.1 Å². The first-order valence-corrected chi connectivity index (χ1v) is 16.4. The molecule has 260 valence electrons. The second kappa shape index (κ2) is 12.8. The first-order chi connectivity index (χ1) is 23.2. The largest absolute Gasteiger partial charge is 0.514 e. The summed E-state index contributed by atoms with van der Waals surface area (Å²) in [6, 6.07) is 11.1. The Morgan fingerprint density at radius 1 is 1.04 bits per heavy atom. The average Bonchev–Trinajstić information content (AvgIpc) is 3.03. The Labute approximate surface area is 287 Å². The number of hydrogen-bond donors (Lipinski definition) is 1. The Kier molecular flexibility index (Phi) is 8.99. The van der Waals surface area contributed by atoms with Crippen LogP contribution >= 0.6 is 11.6 Å². The van der Waals surface area contributed by atoms with Gasteiger partial charge in [0.05, 0.1) is 6.10 Å². The van der Waals surface area contributed by atoms with Gasteiger partial charge in [0.2, 0.25) is 0 Å². The molecule has 8 atom stereocenters. The van der Waals surface area contributed by atoms with Crippen molar-refractivity contribution in [3.05, 3.63) is 75.9 Å². The van der Waals surface area contributed by atoms with Crippen LogP contribution in [0.25, 0.3) is 11.3 Å². The van der Waals surface area contributed by atoms with Crippen LogP contribution in [-0.2, 0) is 23.8 Å². The monoisotopic (exact) mass is 695 g/mol. The van der Waals surface area contributed by atoms with E-state index in [1.165, 1.54) is 38.2 Å². The maximum atomic E-state index is 13.6. The molecule has 49 heavy (non-hydrogen) atoms. The second-order valence-electron chi connectivity index (χ2n) is 13.8. The van der Waals surface area contributed by atoms with Gasteiger partial charge in [0, 0.05) is 54.2 Å². The van der Waals surface area contributed by atoms with Crippen molar-refractivity contribution < 1.29 is 47.6 Å². The number of benzene rings is 1. The molecule has 0 amide bonds. The van der Waals surface area contributed by atoms with Gasteiger partial charge in [-0.05, 0) is 73.9 Å². The zero-order chi connectivity index (χ0) is 35.3. The van der Waals surface area contributed by atoms with Gasteiger partial charge in [-0.15, -0.1) is 0 Å². The van der Waals surface area contributed by atoms with E-state index >= 15 is 0 Å². The normalized spacial score (nSPS) is 31.5. The van der Waals surface area contributed by atoms with Gasteiger partial charge in [-0.25, -0.2) is 9.59 Å². The number of esters is 2. The van der Waals surface area contributed by atoms with Gasteiger partial charge in [-0.1, -0.05) is 25.4 Å². The minimum atomic E-state index is -1.43. The number of nitrogens with zero attached hydrogens (tertiary/aromatic N) is 1. The van der Waals surface area contributed by atoms with Gasteiger partial charge in [0.15, 0.2) is 0 Å². The van der Waals surface area contributed by atoms with Crippen molar-refractivity contribution in [1.82, 2.24) is 4.98 Å². The molecular formula is C36H38ClNO11. The van der Waals surface area contributed by atoms with Crippen molar-refractivity contribution in [1.29, 1.82) is 0 Å². The molecule has 3 aromatic rings. The van der Waals surface area contributed by atoms with Crippen molar-refractivity contribution in [2.75, 3.05) is 6.61 Å². The Morgan fingerprint density at radius 3 is 2.43 bits per heavy atom. The Morgan fingerprint density at radius 2 is 1.78 bits per heavy atom. The van der Waals surface area contributed by atoms with Crippen molar-refractivity contribution in [2.45, 2.75) is 77.8 Å². The highest BCUT2D eigenvalue weighted by Gasteiger charge is 2.71. The van der Waals surface area contributed by atoms with Crippen LogP contribution in [0.3, 0.4) is 0 Å². The third-order valence-electron chi connectivity index (χ3n) is 10.7. The minimum absolute atomic E-state index is 0.0664. The molecule has 3 heterocycles. The molecule has 2 aliphatic carbocycles. The fraction of sp³-hybridized carbons (Fsp3) is 0.472. The highest BCUT2D eigenvalue weighted by molar-refractivity contribution is 6.30. The quantitative estimate of drug-likeness (QED) is 0.181. The number of fused-ring (bicyclic) bond motifs is 4. The molecule has 1 aromatic carbocycles. The van der Waals surface area contributed by atoms with Crippen molar-refractivity contribution in [2.24, 2.45) is 22.7 Å². The second-order valence-corrected chi connectivity index (χ2v) is 14.2. The van der Waals surface area contributed by atoms with E-state index in [0.29, 0.717) is 23.4 Å². The average molecular weight is 696 g/mol. The molecule has 2 aromatic heterocycles. The molecule has 13 heteroatoms. The lowest BCUT2D eigenvalue weighted by molar-refractivity contribution is -0.267. The van der Waals surface area contributed by atoms with Crippen LogP contribution in [0.4, 0.5) is 4.79 Å². The number of carbonyl (C=O) groups excluding carboxylic acids is 3. The van der Waals surface area contributed by atoms with Crippen LogP contribution in [0.15, 0.2) is 64.1 Å². The number of hydrogen-bond acceptors (Lipinski definition) is 12. The molecule has 2 fully saturated rings. The lowest BCUT2D eigenvalue weighted by atomic mass is 9.42. The number of rotatable bonds is 6. The molecular weight excluding hydrogens is 658 g/mol. The maximum absolute atomic E-state index is 13.6. The molecule has 3 aliphatic rings. The van der Waals surface area contributed by atoms with Crippen molar-refractivity contribution in [3.8, 4) is 22.8 Å². The topological polar surface area (TPSA) is 161 Å². The van der Waals surface area contributed by atoms with E-state index < -0.39 is 70.3 Å². The van der Waals surface area contributed by atoms with Crippen LogP contribution in [0.1, 0.15) is 65.5 Å². The van der Waals surface area contributed by atoms with E-state index in [1.807, 2.05) is 13.8 Å². The maximum Gasteiger partial charge on any atom is 0.514 e. The summed E-state index contributed by atoms with van der Waals surface area (Å²) in [7, 11) is 0.